The minimum Gasteiger partial charge on any atom is -0.481 e. The number of likely N-dealkylation sites (N-methyl/N-ethyl adjacent to an activating group) is 1. The molecule has 6 nitrogen and oxygen atoms in total. The fraction of sp³-hybridized carbons (Fsp3) is 0.700. The van der Waals surface area contributed by atoms with Crippen LogP contribution in [0.4, 0.5) is 13.2 Å². The Hall–Kier alpha value is -1.64. The van der Waals surface area contributed by atoms with Crippen LogP contribution in [-0.4, -0.2) is 53.6 Å². The first kappa shape index (κ1) is 15.4. The van der Waals surface area contributed by atoms with Crippen molar-refractivity contribution < 1.29 is 32.7 Å². The number of alkyl halides is 3. The Kier molecular flexibility index (Phi) is 4.51. The molecule has 9 heteroatoms. The number of carboxylic acid groups (broad SMARTS) is 1. The van der Waals surface area contributed by atoms with Gasteiger partial charge in [0.1, 0.15) is 0 Å². The van der Waals surface area contributed by atoms with Crippen LogP contribution in [-0.2, 0) is 14.4 Å². The topological polar surface area (TPSA) is 86.7 Å². The number of nitrogens with one attached hydrogen (secondary N) is 1. The Morgan fingerprint density at radius 3 is 2.58 bits per heavy atom. The van der Waals surface area contributed by atoms with Gasteiger partial charge in [0.25, 0.3) is 0 Å². The van der Waals surface area contributed by atoms with Crippen molar-refractivity contribution in [1.82, 2.24) is 10.2 Å². The Labute approximate surface area is 106 Å². The predicted octanol–water partition coefficient (Wildman–Crippen LogP) is -0.0135. The van der Waals surface area contributed by atoms with Gasteiger partial charge in [0.05, 0.1) is 6.04 Å². The first-order chi connectivity index (χ1) is 8.64. The number of carbonyl (C=O) groups is 3. The molecule has 0 radical (unpaired) electrons. The van der Waals surface area contributed by atoms with Gasteiger partial charge in [0, 0.05) is 20.0 Å². The summed E-state index contributed by atoms with van der Waals surface area (Å²) in [5.41, 5.74) is 0. The van der Waals surface area contributed by atoms with Crippen LogP contribution < -0.4 is 5.32 Å². The number of nitrogens with zero attached hydrogens (tertiary/aromatic N) is 1. The van der Waals surface area contributed by atoms with Crippen molar-refractivity contribution in [1.29, 1.82) is 0 Å². The molecule has 108 valence electrons. The molecule has 0 aromatic carbocycles. The lowest BCUT2D eigenvalue weighted by molar-refractivity contribution is -0.193. The molecule has 2 unspecified atom stereocenters. The summed E-state index contributed by atoms with van der Waals surface area (Å²) in [6, 6.07) is -0.966. The van der Waals surface area contributed by atoms with Crippen LogP contribution in [0.5, 0.6) is 0 Å². The summed E-state index contributed by atoms with van der Waals surface area (Å²) in [5, 5.41) is 10.8. The van der Waals surface area contributed by atoms with Crippen LogP contribution in [0.25, 0.3) is 0 Å². The number of carbonyl (C=O) groups excluding carboxylic acids is 2. The molecule has 2 amide bonds. The summed E-state index contributed by atoms with van der Waals surface area (Å²) in [5.74, 6) is -5.65. The normalized spacial score (nSPS) is 22.5. The average molecular weight is 282 g/mol. The van der Waals surface area contributed by atoms with Gasteiger partial charge in [0.15, 0.2) is 5.92 Å². The molecule has 0 bridgehead atoms. The van der Waals surface area contributed by atoms with Crippen molar-refractivity contribution in [3.05, 3.63) is 0 Å². The number of imide groups is 1. The second kappa shape index (κ2) is 5.55. The standard InChI is InChI=1S/C10H13F3N2O4/c1-15-7(16)3-2-6(8(15)17)14-4-5(9(18)19)10(11,12)13/h5-6,14H,2-4H2,1H3,(H,18,19). The first-order valence-electron chi connectivity index (χ1n) is 5.48. The van der Waals surface area contributed by atoms with Gasteiger partial charge >= 0.3 is 12.1 Å². The van der Waals surface area contributed by atoms with Gasteiger partial charge in [-0.3, -0.25) is 19.3 Å². The number of piperidine rings is 1. The van der Waals surface area contributed by atoms with Gasteiger partial charge in [-0.25, -0.2) is 0 Å². The molecule has 19 heavy (non-hydrogen) atoms. The maximum Gasteiger partial charge on any atom is 0.403 e. The summed E-state index contributed by atoms with van der Waals surface area (Å²) in [7, 11) is 1.23. The molecule has 0 aromatic rings. The van der Waals surface area contributed by atoms with Crippen LogP contribution >= 0.6 is 0 Å². The lowest BCUT2D eigenvalue weighted by atomic mass is 10.0. The van der Waals surface area contributed by atoms with E-state index in [1.54, 1.807) is 0 Å². The summed E-state index contributed by atoms with van der Waals surface area (Å²) in [4.78, 5) is 34.1. The third-order valence-corrected chi connectivity index (χ3v) is 2.91. The highest BCUT2D eigenvalue weighted by Gasteiger charge is 2.45. The molecular formula is C10H13F3N2O4. The van der Waals surface area contributed by atoms with E-state index in [2.05, 4.69) is 5.32 Å². The molecule has 1 aliphatic heterocycles. The summed E-state index contributed by atoms with van der Waals surface area (Å²) in [6.07, 6.45) is -4.80. The Morgan fingerprint density at radius 1 is 1.53 bits per heavy atom. The lowest BCUT2D eigenvalue weighted by Crippen LogP contribution is -2.53. The quantitative estimate of drug-likeness (QED) is 0.708. The highest BCUT2D eigenvalue weighted by Crippen LogP contribution is 2.26. The smallest absolute Gasteiger partial charge is 0.403 e. The zero-order valence-electron chi connectivity index (χ0n) is 10.0. The second-order valence-corrected chi connectivity index (χ2v) is 4.22. The number of rotatable bonds is 4. The highest BCUT2D eigenvalue weighted by molar-refractivity contribution is 6.00. The molecule has 1 rings (SSSR count). The lowest BCUT2D eigenvalue weighted by Gasteiger charge is -2.29. The minimum atomic E-state index is -4.89. The SMILES string of the molecule is CN1C(=O)CCC(NCC(C(=O)O)C(F)(F)F)C1=O. The van der Waals surface area contributed by atoms with Gasteiger partial charge < -0.3 is 10.4 Å². The maximum atomic E-state index is 12.4. The predicted molar refractivity (Wildman–Crippen MR) is 56.0 cm³/mol. The van der Waals surface area contributed by atoms with E-state index in [1.165, 1.54) is 7.05 Å². The van der Waals surface area contributed by atoms with E-state index in [1.807, 2.05) is 0 Å². The average Bonchev–Trinajstić information content (AvgIpc) is 2.27. The highest BCUT2D eigenvalue weighted by atomic mass is 19.4. The summed E-state index contributed by atoms with van der Waals surface area (Å²) in [6.45, 7) is -0.905. The van der Waals surface area contributed by atoms with Crippen molar-refractivity contribution in [2.45, 2.75) is 25.1 Å². The van der Waals surface area contributed by atoms with E-state index >= 15 is 0 Å². The zero-order valence-corrected chi connectivity index (χ0v) is 10.0. The van der Waals surface area contributed by atoms with Crippen molar-refractivity contribution in [3.63, 3.8) is 0 Å². The summed E-state index contributed by atoms with van der Waals surface area (Å²) < 4.78 is 37.2. The van der Waals surface area contributed by atoms with Crippen LogP contribution in [0.15, 0.2) is 0 Å². The monoisotopic (exact) mass is 282 g/mol. The number of hydrogen-bond donors (Lipinski definition) is 2. The molecule has 1 fully saturated rings. The molecular weight excluding hydrogens is 269 g/mol. The van der Waals surface area contributed by atoms with E-state index < -0.39 is 42.5 Å². The summed E-state index contributed by atoms with van der Waals surface area (Å²) >= 11 is 0. The molecule has 2 N–H and O–H groups in total. The molecule has 0 saturated carbocycles. The molecule has 0 aliphatic carbocycles. The molecule has 1 aliphatic rings. The van der Waals surface area contributed by atoms with E-state index in [4.69, 9.17) is 5.11 Å². The largest absolute Gasteiger partial charge is 0.481 e. The minimum absolute atomic E-state index is 0.0314. The van der Waals surface area contributed by atoms with Crippen molar-refractivity contribution in [3.8, 4) is 0 Å². The van der Waals surface area contributed by atoms with Gasteiger partial charge in [-0.2, -0.15) is 13.2 Å². The Bertz CT molecular complexity index is 397. The Balaban J connectivity index is 2.63. The van der Waals surface area contributed by atoms with Gasteiger partial charge in [-0.1, -0.05) is 0 Å². The van der Waals surface area contributed by atoms with Crippen LogP contribution in [0.2, 0.25) is 0 Å². The van der Waals surface area contributed by atoms with Crippen LogP contribution in [0.1, 0.15) is 12.8 Å². The van der Waals surface area contributed by atoms with Gasteiger partial charge in [-0.15, -0.1) is 0 Å². The van der Waals surface area contributed by atoms with Crippen molar-refractivity contribution in [2.24, 2.45) is 5.92 Å². The van der Waals surface area contributed by atoms with E-state index in [-0.39, 0.29) is 12.8 Å². The van der Waals surface area contributed by atoms with Crippen LogP contribution in [0.3, 0.4) is 0 Å². The second-order valence-electron chi connectivity index (χ2n) is 4.22. The molecule has 2 atom stereocenters. The number of hydrogen-bond acceptors (Lipinski definition) is 4. The fourth-order valence-electron chi connectivity index (χ4n) is 1.71. The molecule has 1 heterocycles. The number of carboxylic acids is 1. The third-order valence-electron chi connectivity index (χ3n) is 2.91. The zero-order chi connectivity index (χ0) is 14.8. The number of amides is 2. The molecule has 0 aromatic heterocycles. The van der Waals surface area contributed by atoms with Crippen LogP contribution in [0, 0.1) is 5.92 Å². The molecule has 0 spiro atoms. The van der Waals surface area contributed by atoms with E-state index in [0.717, 1.165) is 4.90 Å². The van der Waals surface area contributed by atoms with Gasteiger partial charge in [-0.05, 0) is 6.42 Å². The number of halogens is 3. The van der Waals surface area contributed by atoms with Crippen molar-refractivity contribution in [2.75, 3.05) is 13.6 Å². The third kappa shape index (κ3) is 3.66. The van der Waals surface area contributed by atoms with Gasteiger partial charge in [0.2, 0.25) is 11.8 Å². The van der Waals surface area contributed by atoms with E-state index in [0.29, 0.717) is 0 Å². The first-order valence-corrected chi connectivity index (χ1v) is 5.48. The number of aliphatic carboxylic acids is 1. The number of likely N-dealkylation sites (tertiary alicyclic amines) is 1. The van der Waals surface area contributed by atoms with Crippen molar-refractivity contribution >= 4 is 17.8 Å². The maximum absolute atomic E-state index is 12.4. The Morgan fingerprint density at radius 2 is 2.11 bits per heavy atom. The fourth-order valence-corrected chi connectivity index (χ4v) is 1.71. The molecule has 1 saturated heterocycles. The van der Waals surface area contributed by atoms with E-state index in [9.17, 15) is 27.6 Å².